The van der Waals surface area contributed by atoms with Crippen molar-refractivity contribution >= 4 is 11.9 Å². The molecule has 0 aliphatic rings. The number of nitrogens with two attached hydrogens (primary N) is 1. The van der Waals surface area contributed by atoms with Gasteiger partial charge in [-0.2, -0.15) is 0 Å². The molecular weight excluding hydrogens is 256 g/mol. The number of carbonyl (C=O) groups is 1. The molecule has 0 fully saturated rings. The molecule has 1 rings (SSSR count). The van der Waals surface area contributed by atoms with Crippen LogP contribution in [0.25, 0.3) is 0 Å². The number of hydrogen-bond donors (Lipinski definition) is 2. The standard InChI is InChI=1S/C13H24N6O/c1-5-6-19(8-7-18(3)4)12(20)11-9-10(2)15-13(16-11)17-14/h9H,5-8,14H2,1-4H3,(H,15,16,17). The number of nitrogens with zero attached hydrogens (tertiary/aromatic N) is 4. The van der Waals surface area contributed by atoms with Gasteiger partial charge >= 0.3 is 0 Å². The number of nitrogen functional groups attached to an aromatic ring is 1. The Morgan fingerprint density at radius 2 is 2.00 bits per heavy atom. The molecule has 0 spiro atoms. The molecule has 0 aromatic carbocycles. The molecule has 0 radical (unpaired) electrons. The van der Waals surface area contributed by atoms with Crippen molar-refractivity contribution < 1.29 is 4.79 Å². The van der Waals surface area contributed by atoms with E-state index < -0.39 is 0 Å². The van der Waals surface area contributed by atoms with E-state index in [0.717, 1.165) is 13.0 Å². The first-order chi connectivity index (χ1) is 9.47. The van der Waals surface area contributed by atoms with Crippen molar-refractivity contribution in [2.75, 3.05) is 39.2 Å². The second-order valence-corrected chi connectivity index (χ2v) is 4.96. The number of hydrazine groups is 1. The van der Waals surface area contributed by atoms with Gasteiger partial charge in [-0.3, -0.25) is 10.2 Å². The fourth-order valence-corrected chi connectivity index (χ4v) is 1.81. The molecule has 1 amide bonds. The van der Waals surface area contributed by atoms with E-state index in [1.54, 1.807) is 6.07 Å². The molecule has 1 aromatic rings. The molecule has 3 N–H and O–H groups in total. The van der Waals surface area contributed by atoms with E-state index in [2.05, 4.69) is 15.4 Å². The second-order valence-electron chi connectivity index (χ2n) is 4.96. The van der Waals surface area contributed by atoms with Gasteiger partial charge in [0.25, 0.3) is 5.91 Å². The number of aromatic nitrogens is 2. The molecule has 0 unspecified atom stereocenters. The minimum Gasteiger partial charge on any atom is -0.336 e. The van der Waals surface area contributed by atoms with Crippen LogP contribution in [0.1, 0.15) is 29.5 Å². The molecule has 0 saturated carbocycles. The summed E-state index contributed by atoms with van der Waals surface area (Å²) in [5, 5.41) is 0. The van der Waals surface area contributed by atoms with Crippen LogP contribution in [0, 0.1) is 6.92 Å². The summed E-state index contributed by atoms with van der Waals surface area (Å²) in [5.41, 5.74) is 3.46. The van der Waals surface area contributed by atoms with E-state index in [0.29, 0.717) is 24.5 Å². The molecule has 0 bridgehead atoms. The van der Waals surface area contributed by atoms with Gasteiger partial charge in [0.2, 0.25) is 5.95 Å². The zero-order chi connectivity index (χ0) is 15.1. The van der Waals surface area contributed by atoms with Gasteiger partial charge in [-0.05, 0) is 33.5 Å². The van der Waals surface area contributed by atoms with E-state index in [9.17, 15) is 4.79 Å². The van der Waals surface area contributed by atoms with E-state index in [1.165, 1.54) is 0 Å². The van der Waals surface area contributed by atoms with Crippen LogP contribution < -0.4 is 11.3 Å². The van der Waals surface area contributed by atoms with E-state index in [4.69, 9.17) is 5.84 Å². The van der Waals surface area contributed by atoms with E-state index >= 15 is 0 Å². The first-order valence-corrected chi connectivity index (χ1v) is 6.74. The normalized spacial score (nSPS) is 10.7. The number of carbonyl (C=O) groups excluding carboxylic acids is 1. The quantitative estimate of drug-likeness (QED) is 0.558. The third-order valence-electron chi connectivity index (χ3n) is 2.80. The highest BCUT2D eigenvalue weighted by Gasteiger charge is 2.17. The summed E-state index contributed by atoms with van der Waals surface area (Å²) in [6, 6.07) is 1.68. The molecule has 1 heterocycles. The Kier molecular flexibility index (Phi) is 6.33. The molecule has 1 aromatic heterocycles. The number of hydrogen-bond acceptors (Lipinski definition) is 6. The Hall–Kier alpha value is -1.73. The Bertz CT molecular complexity index is 448. The van der Waals surface area contributed by atoms with Crippen LogP contribution in [0.3, 0.4) is 0 Å². The number of rotatable bonds is 7. The van der Waals surface area contributed by atoms with Gasteiger partial charge in [-0.15, -0.1) is 0 Å². The van der Waals surface area contributed by atoms with Crippen LogP contribution in [0.4, 0.5) is 5.95 Å². The summed E-state index contributed by atoms with van der Waals surface area (Å²) in [6.07, 6.45) is 0.908. The van der Waals surface area contributed by atoms with Crippen LogP contribution in [0.5, 0.6) is 0 Å². The summed E-state index contributed by atoms with van der Waals surface area (Å²) < 4.78 is 0. The fourth-order valence-electron chi connectivity index (χ4n) is 1.81. The summed E-state index contributed by atoms with van der Waals surface area (Å²) >= 11 is 0. The molecule has 20 heavy (non-hydrogen) atoms. The lowest BCUT2D eigenvalue weighted by Gasteiger charge is -2.23. The predicted molar refractivity (Wildman–Crippen MR) is 79.3 cm³/mol. The minimum absolute atomic E-state index is 0.0873. The second kappa shape index (κ2) is 7.76. The van der Waals surface area contributed by atoms with Crippen molar-refractivity contribution in [1.82, 2.24) is 19.8 Å². The maximum Gasteiger partial charge on any atom is 0.272 e. The SMILES string of the molecule is CCCN(CCN(C)C)C(=O)c1cc(C)nc(NN)n1. The first-order valence-electron chi connectivity index (χ1n) is 6.74. The maximum atomic E-state index is 12.5. The summed E-state index contributed by atoms with van der Waals surface area (Å²) in [7, 11) is 3.97. The minimum atomic E-state index is -0.0873. The lowest BCUT2D eigenvalue weighted by molar-refractivity contribution is 0.0739. The Labute approximate surface area is 120 Å². The van der Waals surface area contributed by atoms with Gasteiger partial charge in [-0.1, -0.05) is 6.92 Å². The van der Waals surface area contributed by atoms with Gasteiger partial charge in [-0.25, -0.2) is 15.8 Å². The zero-order valence-corrected chi connectivity index (χ0v) is 12.7. The van der Waals surface area contributed by atoms with Crippen molar-refractivity contribution in [2.45, 2.75) is 20.3 Å². The molecular formula is C13H24N6O. The molecule has 7 nitrogen and oxygen atoms in total. The average Bonchev–Trinajstić information content (AvgIpc) is 2.41. The number of amides is 1. The first kappa shape index (κ1) is 16.3. The van der Waals surface area contributed by atoms with Crippen molar-refractivity contribution in [1.29, 1.82) is 0 Å². The van der Waals surface area contributed by atoms with Gasteiger partial charge in [0.05, 0.1) is 0 Å². The van der Waals surface area contributed by atoms with Crippen molar-refractivity contribution in [2.24, 2.45) is 5.84 Å². The molecule has 0 aliphatic heterocycles. The smallest absolute Gasteiger partial charge is 0.272 e. The largest absolute Gasteiger partial charge is 0.336 e. The summed E-state index contributed by atoms with van der Waals surface area (Å²) in [4.78, 5) is 24.6. The van der Waals surface area contributed by atoms with E-state index in [1.807, 2.05) is 37.7 Å². The highest BCUT2D eigenvalue weighted by Crippen LogP contribution is 2.08. The molecule has 0 aliphatic carbocycles. The maximum absolute atomic E-state index is 12.5. The van der Waals surface area contributed by atoms with Crippen LogP contribution in [-0.4, -0.2) is 59.4 Å². The van der Waals surface area contributed by atoms with Crippen LogP contribution in [-0.2, 0) is 0 Å². The van der Waals surface area contributed by atoms with Crippen molar-refractivity contribution in [3.05, 3.63) is 17.5 Å². The van der Waals surface area contributed by atoms with Crippen LogP contribution in [0.15, 0.2) is 6.07 Å². The van der Waals surface area contributed by atoms with Gasteiger partial charge in [0.15, 0.2) is 0 Å². The topological polar surface area (TPSA) is 87.4 Å². The van der Waals surface area contributed by atoms with Crippen LogP contribution >= 0.6 is 0 Å². The lowest BCUT2D eigenvalue weighted by atomic mass is 10.2. The monoisotopic (exact) mass is 280 g/mol. The van der Waals surface area contributed by atoms with Gasteiger partial charge < -0.3 is 9.80 Å². The zero-order valence-electron chi connectivity index (χ0n) is 12.7. The van der Waals surface area contributed by atoms with Gasteiger partial charge in [0, 0.05) is 25.3 Å². The number of likely N-dealkylation sites (N-methyl/N-ethyl adjacent to an activating group) is 1. The predicted octanol–water partition coefficient (Wildman–Crippen LogP) is 0.484. The number of anilines is 1. The molecule has 0 atom stereocenters. The highest BCUT2D eigenvalue weighted by atomic mass is 16.2. The van der Waals surface area contributed by atoms with Crippen molar-refractivity contribution in [3.63, 3.8) is 0 Å². The fraction of sp³-hybridized carbons (Fsp3) is 0.615. The number of nitrogens with one attached hydrogen (secondary N) is 1. The van der Waals surface area contributed by atoms with E-state index in [-0.39, 0.29) is 11.9 Å². The summed E-state index contributed by atoms with van der Waals surface area (Å²) in [6.45, 7) is 6.06. The third-order valence-corrected chi connectivity index (χ3v) is 2.80. The Morgan fingerprint density at radius 1 is 1.30 bits per heavy atom. The number of aryl methyl sites for hydroxylation is 1. The Balaban J connectivity index is 2.90. The summed E-state index contributed by atoms with van der Waals surface area (Å²) in [5.74, 6) is 5.49. The molecule has 7 heteroatoms. The Morgan fingerprint density at radius 3 is 2.55 bits per heavy atom. The van der Waals surface area contributed by atoms with Crippen molar-refractivity contribution in [3.8, 4) is 0 Å². The highest BCUT2D eigenvalue weighted by molar-refractivity contribution is 5.92. The van der Waals surface area contributed by atoms with Crippen LogP contribution in [0.2, 0.25) is 0 Å². The lowest BCUT2D eigenvalue weighted by Crippen LogP contribution is -2.37. The third kappa shape index (κ3) is 4.75. The molecule has 0 saturated heterocycles. The molecule has 112 valence electrons. The van der Waals surface area contributed by atoms with Gasteiger partial charge in [0.1, 0.15) is 5.69 Å². The average molecular weight is 280 g/mol.